The Labute approximate surface area is 216 Å². The first kappa shape index (κ1) is 24.9. The SMILES string of the molecule is COCC1CN([C@H]2N=C(F)C(C#Cc3ccc(-n4cnnc4)nc3)=CN2C(=O)O)CCN1c1ccncn1. The Bertz CT molecular complexity index is 1390. The number of aliphatic imine (C=N–C) groups is 1. The second kappa shape index (κ2) is 11.1. The number of hydrogen-bond acceptors (Lipinski definition) is 10. The fraction of sp³-hybridized carbons (Fsp3) is 0.292. The summed E-state index contributed by atoms with van der Waals surface area (Å²) in [5.74, 6) is 5.97. The quantitative estimate of drug-likeness (QED) is 0.490. The van der Waals surface area contributed by atoms with Crippen molar-refractivity contribution in [2.24, 2.45) is 4.99 Å². The van der Waals surface area contributed by atoms with Crippen molar-refractivity contribution in [1.82, 2.24) is 39.5 Å². The fourth-order valence-corrected chi connectivity index (χ4v) is 4.24. The molecule has 3 aromatic rings. The first-order valence-corrected chi connectivity index (χ1v) is 11.6. The molecule has 1 amide bonds. The third kappa shape index (κ3) is 5.33. The molecule has 1 unspecified atom stereocenters. The number of carboxylic acid groups (broad SMARTS) is 1. The zero-order chi connectivity index (χ0) is 26.5. The van der Waals surface area contributed by atoms with Crippen LogP contribution in [0.25, 0.3) is 5.82 Å². The lowest BCUT2D eigenvalue weighted by Crippen LogP contribution is -2.61. The summed E-state index contributed by atoms with van der Waals surface area (Å²) in [5.41, 5.74) is 0.377. The van der Waals surface area contributed by atoms with Crippen LogP contribution in [0, 0.1) is 11.8 Å². The second-order valence-corrected chi connectivity index (χ2v) is 8.39. The molecule has 1 saturated heterocycles. The summed E-state index contributed by atoms with van der Waals surface area (Å²) < 4.78 is 22.1. The third-order valence-electron chi connectivity index (χ3n) is 6.02. The molecule has 14 heteroatoms. The molecule has 0 bridgehead atoms. The van der Waals surface area contributed by atoms with Gasteiger partial charge in [-0.15, -0.1) is 10.2 Å². The molecule has 0 aliphatic carbocycles. The van der Waals surface area contributed by atoms with Crippen LogP contribution in [0.2, 0.25) is 0 Å². The van der Waals surface area contributed by atoms with E-state index in [1.165, 1.54) is 31.4 Å². The molecule has 0 radical (unpaired) electrons. The Balaban J connectivity index is 1.33. The van der Waals surface area contributed by atoms with E-state index in [2.05, 4.69) is 46.9 Å². The maximum Gasteiger partial charge on any atom is 0.414 e. The lowest BCUT2D eigenvalue weighted by Gasteiger charge is -2.45. The van der Waals surface area contributed by atoms with Crippen LogP contribution < -0.4 is 4.90 Å². The number of nitrogens with zero attached hydrogens (tertiary/aromatic N) is 10. The highest BCUT2D eigenvalue weighted by Gasteiger charge is 2.37. The maximum absolute atomic E-state index is 15.1. The van der Waals surface area contributed by atoms with E-state index in [1.807, 2.05) is 0 Å². The molecule has 3 aromatic heterocycles. The van der Waals surface area contributed by atoms with Crippen molar-refractivity contribution in [3.8, 4) is 17.7 Å². The summed E-state index contributed by atoms with van der Waals surface area (Å²) in [6.07, 6.45) is 6.48. The number of carbonyl (C=O) groups is 1. The number of amides is 1. The lowest BCUT2D eigenvalue weighted by molar-refractivity contribution is 0.0465. The maximum atomic E-state index is 15.1. The first-order chi connectivity index (χ1) is 18.5. The summed E-state index contributed by atoms with van der Waals surface area (Å²) in [4.78, 5) is 33.6. The highest BCUT2D eigenvalue weighted by Crippen LogP contribution is 2.24. The van der Waals surface area contributed by atoms with Crippen molar-refractivity contribution in [3.63, 3.8) is 0 Å². The van der Waals surface area contributed by atoms with Gasteiger partial charge >= 0.3 is 6.09 Å². The van der Waals surface area contributed by atoms with Gasteiger partial charge in [0.25, 0.3) is 0 Å². The number of hydrogen-bond donors (Lipinski definition) is 1. The average Bonchev–Trinajstić information content (AvgIpc) is 3.48. The molecule has 2 aliphatic heterocycles. The van der Waals surface area contributed by atoms with E-state index in [9.17, 15) is 9.90 Å². The molecule has 5 heterocycles. The Morgan fingerprint density at radius 3 is 2.68 bits per heavy atom. The van der Waals surface area contributed by atoms with Gasteiger partial charge in [-0.1, -0.05) is 11.8 Å². The number of methoxy groups -OCH3 is 1. The molecule has 1 N–H and O–H groups in total. The van der Waals surface area contributed by atoms with Gasteiger partial charge in [0.15, 0.2) is 6.29 Å². The number of rotatable bonds is 5. The van der Waals surface area contributed by atoms with Crippen molar-refractivity contribution in [1.29, 1.82) is 0 Å². The summed E-state index contributed by atoms with van der Waals surface area (Å²) in [5, 5.41) is 17.4. The number of allylic oxidation sites excluding steroid dienone is 1. The van der Waals surface area contributed by atoms with Gasteiger partial charge in [0.2, 0.25) is 5.97 Å². The fourth-order valence-electron chi connectivity index (χ4n) is 4.24. The molecule has 1 fully saturated rings. The molecular formula is C24H23FN10O3. The predicted octanol–water partition coefficient (Wildman–Crippen LogP) is 1.17. The average molecular weight is 519 g/mol. The molecule has 2 aliphatic rings. The monoisotopic (exact) mass is 518 g/mol. The summed E-state index contributed by atoms with van der Waals surface area (Å²) >= 11 is 0. The zero-order valence-electron chi connectivity index (χ0n) is 20.3. The highest BCUT2D eigenvalue weighted by atomic mass is 19.1. The van der Waals surface area contributed by atoms with Gasteiger partial charge in [-0.25, -0.2) is 29.6 Å². The second-order valence-electron chi connectivity index (χ2n) is 8.39. The minimum Gasteiger partial charge on any atom is -0.465 e. The Hall–Kier alpha value is -4.74. The van der Waals surface area contributed by atoms with E-state index in [-0.39, 0.29) is 11.6 Å². The van der Waals surface area contributed by atoms with Crippen molar-refractivity contribution >= 4 is 17.9 Å². The van der Waals surface area contributed by atoms with E-state index in [0.717, 1.165) is 10.7 Å². The summed E-state index contributed by atoms with van der Waals surface area (Å²) in [6, 6.07) is 5.06. The van der Waals surface area contributed by atoms with Gasteiger partial charge in [-0.3, -0.25) is 9.47 Å². The van der Waals surface area contributed by atoms with Crippen LogP contribution in [0.4, 0.5) is 15.0 Å². The van der Waals surface area contributed by atoms with Crippen molar-refractivity contribution in [3.05, 3.63) is 66.9 Å². The molecule has 38 heavy (non-hydrogen) atoms. The van der Waals surface area contributed by atoms with Crippen molar-refractivity contribution in [2.45, 2.75) is 12.3 Å². The normalized spacial score (nSPS) is 19.8. The Morgan fingerprint density at radius 2 is 2.00 bits per heavy atom. The number of pyridine rings is 1. The van der Waals surface area contributed by atoms with Gasteiger partial charge < -0.3 is 14.7 Å². The molecule has 5 rings (SSSR count). The highest BCUT2D eigenvalue weighted by molar-refractivity contribution is 5.98. The number of halogens is 1. The molecule has 2 atom stereocenters. The van der Waals surface area contributed by atoms with Crippen LogP contribution in [0.1, 0.15) is 5.56 Å². The van der Waals surface area contributed by atoms with Crippen LogP contribution in [0.3, 0.4) is 0 Å². The van der Waals surface area contributed by atoms with Crippen molar-refractivity contribution in [2.75, 3.05) is 38.3 Å². The first-order valence-electron chi connectivity index (χ1n) is 11.6. The Kier molecular flexibility index (Phi) is 7.29. The van der Waals surface area contributed by atoms with Gasteiger partial charge in [0.05, 0.1) is 18.2 Å². The van der Waals surface area contributed by atoms with E-state index in [4.69, 9.17) is 4.74 Å². The number of aromatic nitrogens is 6. The molecule has 13 nitrogen and oxygen atoms in total. The van der Waals surface area contributed by atoms with E-state index in [1.54, 1.807) is 41.0 Å². The van der Waals surface area contributed by atoms with Crippen LogP contribution >= 0.6 is 0 Å². The minimum atomic E-state index is -1.27. The molecule has 0 saturated carbocycles. The summed E-state index contributed by atoms with van der Waals surface area (Å²) in [6.45, 7) is 1.68. The van der Waals surface area contributed by atoms with Crippen molar-refractivity contribution < 1.29 is 19.0 Å². The summed E-state index contributed by atoms with van der Waals surface area (Å²) in [7, 11) is 1.59. The topological polar surface area (TPSA) is 138 Å². The number of anilines is 1. The molecular weight excluding hydrogens is 495 g/mol. The van der Waals surface area contributed by atoms with Gasteiger partial charge in [-0.05, 0) is 18.2 Å². The Morgan fingerprint density at radius 1 is 1.16 bits per heavy atom. The number of piperazine rings is 1. The van der Waals surface area contributed by atoms with Crippen LogP contribution in [-0.4, -0.2) is 102 Å². The largest absolute Gasteiger partial charge is 0.465 e. The smallest absolute Gasteiger partial charge is 0.414 e. The van der Waals surface area contributed by atoms with Gasteiger partial charge in [0, 0.05) is 50.9 Å². The van der Waals surface area contributed by atoms with Gasteiger partial charge in [0.1, 0.15) is 30.6 Å². The molecule has 0 aromatic carbocycles. The van der Waals surface area contributed by atoms with E-state index in [0.29, 0.717) is 37.6 Å². The van der Waals surface area contributed by atoms with Gasteiger partial charge in [-0.2, -0.15) is 4.39 Å². The van der Waals surface area contributed by atoms with Crippen LogP contribution in [-0.2, 0) is 4.74 Å². The molecule has 194 valence electrons. The van der Waals surface area contributed by atoms with E-state index < -0.39 is 18.3 Å². The third-order valence-corrected chi connectivity index (χ3v) is 6.02. The molecule has 0 spiro atoms. The van der Waals surface area contributed by atoms with Crippen LogP contribution in [0.5, 0.6) is 0 Å². The standard InChI is InChI=1S/C24H23FN10O3/c1-38-13-19-12-32(8-9-34(19)21-6-7-26-14-28-21)23-31-22(25)18(11-35(23)24(36)37)4-2-17-3-5-20(27-10-17)33-15-29-30-16-33/h3,5-7,10-11,14-16,19,23H,8-9,12-13H2,1H3,(H,36,37)/t19?,23-/m1/s1. The lowest BCUT2D eigenvalue weighted by atomic mass is 10.1. The zero-order valence-corrected chi connectivity index (χ0v) is 20.3. The van der Waals surface area contributed by atoms with E-state index >= 15 is 4.39 Å². The predicted molar refractivity (Wildman–Crippen MR) is 133 cm³/mol. The van der Waals surface area contributed by atoms with Crippen LogP contribution in [0.15, 0.2) is 66.3 Å². The minimum absolute atomic E-state index is 0.139. The number of ether oxygens (including phenoxy) is 1.